The molecule has 4 rings (SSSR count). The molecule has 0 aromatic heterocycles. The lowest BCUT2D eigenvalue weighted by Crippen LogP contribution is -2.44. The minimum atomic E-state index is -1.51. The third-order valence-electron chi connectivity index (χ3n) is 5.13. The number of benzene rings is 3. The Bertz CT molecular complexity index is 1230. The molecule has 0 spiro atoms. The molecule has 0 bridgehead atoms. The summed E-state index contributed by atoms with van der Waals surface area (Å²) in [7, 11) is 0. The summed E-state index contributed by atoms with van der Waals surface area (Å²) in [6.45, 7) is 0. The van der Waals surface area contributed by atoms with Crippen LogP contribution in [0.1, 0.15) is 33.6 Å². The highest BCUT2D eigenvalue weighted by atomic mass is 127. The van der Waals surface area contributed by atoms with Gasteiger partial charge in [-0.2, -0.15) is 0 Å². The Morgan fingerprint density at radius 1 is 1.03 bits per heavy atom. The van der Waals surface area contributed by atoms with Crippen molar-refractivity contribution in [1.82, 2.24) is 4.90 Å². The number of hydrogen-bond donors (Lipinski definition) is 2. The van der Waals surface area contributed by atoms with Crippen molar-refractivity contribution in [2.24, 2.45) is 0 Å². The number of rotatable bonds is 4. The van der Waals surface area contributed by atoms with Gasteiger partial charge in [0.05, 0.1) is 11.3 Å². The molecule has 162 valence electrons. The number of amides is 2. The van der Waals surface area contributed by atoms with Crippen LogP contribution in [0.5, 0.6) is 0 Å². The summed E-state index contributed by atoms with van der Waals surface area (Å²) in [6.07, 6.45) is 0. The number of hydrogen-bond acceptors (Lipinski definition) is 3. The molecule has 0 unspecified atom stereocenters. The minimum Gasteiger partial charge on any atom is -0.479 e. The van der Waals surface area contributed by atoms with Crippen LogP contribution in [0.2, 0.25) is 10.0 Å². The van der Waals surface area contributed by atoms with Crippen LogP contribution in [0.3, 0.4) is 0 Å². The zero-order valence-corrected chi connectivity index (χ0v) is 19.9. The standard InChI is InChI=1S/C23H15Cl2IN2O4/c24-13-7-5-12(6-8-13)19-21(29)27-18-10-9-14(26)11-16(18)22(30)28(19)20(23(31)32)15-3-1-2-4-17(15)25/h1-11,19-20H,(H,27,29)(H,31,32)/t19-,20-/m0/s1. The average Bonchev–Trinajstić information content (AvgIpc) is 2.85. The van der Waals surface area contributed by atoms with Crippen LogP contribution in [0.15, 0.2) is 66.7 Å². The van der Waals surface area contributed by atoms with Gasteiger partial charge in [-0.1, -0.05) is 53.5 Å². The zero-order chi connectivity index (χ0) is 23.0. The lowest BCUT2D eigenvalue weighted by atomic mass is 9.97. The van der Waals surface area contributed by atoms with Gasteiger partial charge in [-0.3, -0.25) is 9.59 Å². The quantitative estimate of drug-likeness (QED) is 0.396. The summed E-state index contributed by atoms with van der Waals surface area (Å²) in [5, 5.41) is 13.6. The fourth-order valence-electron chi connectivity index (χ4n) is 3.71. The van der Waals surface area contributed by atoms with E-state index in [1.54, 1.807) is 60.7 Å². The number of anilines is 1. The fourth-order valence-corrected chi connectivity index (χ4v) is 4.56. The predicted octanol–water partition coefficient (Wildman–Crippen LogP) is 5.56. The molecule has 32 heavy (non-hydrogen) atoms. The van der Waals surface area contributed by atoms with E-state index in [4.69, 9.17) is 23.2 Å². The van der Waals surface area contributed by atoms with Crippen LogP contribution in [0, 0.1) is 3.57 Å². The average molecular weight is 581 g/mol. The van der Waals surface area contributed by atoms with Crippen molar-refractivity contribution in [3.8, 4) is 0 Å². The maximum absolute atomic E-state index is 13.8. The van der Waals surface area contributed by atoms with Crippen LogP contribution in [0.4, 0.5) is 5.69 Å². The van der Waals surface area contributed by atoms with Crippen molar-refractivity contribution in [1.29, 1.82) is 0 Å². The predicted molar refractivity (Wildman–Crippen MR) is 130 cm³/mol. The Labute approximate surface area is 207 Å². The first kappa shape index (κ1) is 22.6. The molecule has 0 aliphatic carbocycles. The number of halogens is 3. The van der Waals surface area contributed by atoms with Gasteiger partial charge in [0, 0.05) is 19.2 Å². The number of carboxylic acids is 1. The zero-order valence-electron chi connectivity index (χ0n) is 16.3. The van der Waals surface area contributed by atoms with Crippen molar-refractivity contribution in [3.63, 3.8) is 0 Å². The molecule has 9 heteroatoms. The van der Waals surface area contributed by atoms with Gasteiger partial charge in [0.1, 0.15) is 6.04 Å². The molecular weight excluding hydrogens is 566 g/mol. The summed E-state index contributed by atoms with van der Waals surface area (Å²) in [6, 6.07) is 15.0. The number of carbonyl (C=O) groups is 3. The SMILES string of the molecule is O=C1Nc2ccc(I)cc2C(=O)N([C@H](C(=O)O)c2ccccc2Cl)[C@H]1c1ccc(Cl)cc1. The largest absolute Gasteiger partial charge is 0.479 e. The molecule has 0 saturated heterocycles. The molecule has 3 aromatic rings. The van der Waals surface area contributed by atoms with Crippen LogP contribution >= 0.6 is 45.8 Å². The van der Waals surface area contributed by atoms with Crippen molar-refractivity contribution >= 4 is 69.3 Å². The molecule has 0 radical (unpaired) electrons. The Morgan fingerprint density at radius 2 is 1.72 bits per heavy atom. The van der Waals surface area contributed by atoms with Gasteiger partial charge in [-0.15, -0.1) is 0 Å². The maximum Gasteiger partial charge on any atom is 0.331 e. The van der Waals surface area contributed by atoms with Crippen molar-refractivity contribution in [2.45, 2.75) is 12.1 Å². The lowest BCUT2D eigenvalue weighted by molar-refractivity contribution is -0.144. The molecule has 1 aliphatic rings. The Hall–Kier alpha value is -2.62. The number of nitrogens with zero attached hydrogens (tertiary/aromatic N) is 1. The summed E-state index contributed by atoms with van der Waals surface area (Å²) in [5.74, 6) is -2.46. The molecule has 6 nitrogen and oxygen atoms in total. The molecular formula is C23H15Cl2IN2O4. The number of carboxylic acid groups (broad SMARTS) is 1. The molecule has 0 saturated carbocycles. The van der Waals surface area contributed by atoms with Crippen LogP contribution in [-0.2, 0) is 9.59 Å². The van der Waals surface area contributed by atoms with E-state index in [1.807, 2.05) is 0 Å². The molecule has 2 N–H and O–H groups in total. The van der Waals surface area contributed by atoms with Gasteiger partial charge in [0.25, 0.3) is 11.8 Å². The summed E-state index contributed by atoms with van der Waals surface area (Å²) >= 11 is 14.4. The third kappa shape index (κ3) is 4.20. The van der Waals surface area contributed by atoms with E-state index in [2.05, 4.69) is 27.9 Å². The highest BCUT2D eigenvalue weighted by Gasteiger charge is 2.44. The molecule has 3 aromatic carbocycles. The molecule has 1 aliphatic heterocycles. The molecule has 0 fully saturated rings. The Balaban J connectivity index is 1.98. The monoisotopic (exact) mass is 580 g/mol. The van der Waals surface area contributed by atoms with Crippen LogP contribution in [-0.4, -0.2) is 27.8 Å². The van der Waals surface area contributed by atoms with E-state index < -0.39 is 29.9 Å². The smallest absolute Gasteiger partial charge is 0.331 e. The summed E-state index contributed by atoms with van der Waals surface area (Å²) in [4.78, 5) is 40.8. The van der Waals surface area contributed by atoms with Gasteiger partial charge < -0.3 is 15.3 Å². The lowest BCUT2D eigenvalue weighted by Gasteiger charge is -2.34. The molecule has 1 heterocycles. The van der Waals surface area contributed by atoms with Gasteiger partial charge in [0.2, 0.25) is 0 Å². The highest BCUT2D eigenvalue weighted by Crippen LogP contribution is 2.39. The Morgan fingerprint density at radius 3 is 2.38 bits per heavy atom. The van der Waals surface area contributed by atoms with Crippen LogP contribution < -0.4 is 5.32 Å². The Kier molecular flexibility index (Phi) is 6.41. The second-order valence-corrected chi connectivity index (χ2v) is 9.20. The van der Waals surface area contributed by atoms with E-state index in [1.165, 1.54) is 6.07 Å². The third-order valence-corrected chi connectivity index (χ3v) is 6.40. The molecule has 2 atom stereocenters. The van der Waals surface area contributed by atoms with Gasteiger partial charge in [-0.25, -0.2) is 4.79 Å². The second kappa shape index (κ2) is 9.09. The van der Waals surface area contributed by atoms with Gasteiger partial charge in [0.15, 0.2) is 6.04 Å². The molecule has 2 amide bonds. The van der Waals surface area contributed by atoms with Crippen molar-refractivity contribution in [2.75, 3.05) is 5.32 Å². The number of fused-ring (bicyclic) bond motifs is 1. The first-order valence-corrected chi connectivity index (χ1v) is 11.3. The summed E-state index contributed by atoms with van der Waals surface area (Å²) < 4.78 is 0.762. The van der Waals surface area contributed by atoms with Crippen molar-refractivity contribution < 1.29 is 19.5 Å². The van der Waals surface area contributed by atoms with E-state index in [-0.39, 0.29) is 16.1 Å². The van der Waals surface area contributed by atoms with E-state index in [0.29, 0.717) is 16.3 Å². The van der Waals surface area contributed by atoms with Crippen LogP contribution in [0.25, 0.3) is 0 Å². The number of aliphatic carboxylic acids is 1. The first-order chi connectivity index (χ1) is 15.3. The maximum atomic E-state index is 13.8. The minimum absolute atomic E-state index is 0.176. The summed E-state index contributed by atoms with van der Waals surface area (Å²) in [5.41, 5.74) is 1.13. The van der Waals surface area contributed by atoms with Crippen molar-refractivity contribution in [3.05, 3.63) is 97.0 Å². The first-order valence-electron chi connectivity index (χ1n) is 9.43. The van der Waals surface area contributed by atoms with Gasteiger partial charge in [-0.05, 0) is 64.6 Å². The normalized spacial score (nSPS) is 16.7. The van der Waals surface area contributed by atoms with E-state index >= 15 is 0 Å². The highest BCUT2D eigenvalue weighted by molar-refractivity contribution is 14.1. The number of carbonyl (C=O) groups excluding carboxylic acids is 2. The van der Waals surface area contributed by atoms with E-state index in [0.717, 1.165) is 8.47 Å². The topological polar surface area (TPSA) is 86.7 Å². The van der Waals surface area contributed by atoms with Gasteiger partial charge >= 0.3 is 5.97 Å². The fraction of sp³-hybridized carbons (Fsp3) is 0.0870. The second-order valence-electron chi connectivity index (χ2n) is 7.11. The number of nitrogens with one attached hydrogen (secondary N) is 1. The van der Waals surface area contributed by atoms with E-state index in [9.17, 15) is 19.5 Å².